The molecule has 0 aromatic carbocycles. The van der Waals surface area contributed by atoms with Gasteiger partial charge < -0.3 is 14.3 Å². The van der Waals surface area contributed by atoms with E-state index in [9.17, 15) is 9.90 Å². The number of ether oxygens (including phenoxy) is 1. The van der Waals surface area contributed by atoms with E-state index >= 15 is 0 Å². The molecule has 0 unspecified atom stereocenters. The number of furan rings is 1. The molecule has 0 radical (unpaired) electrons. The fourth-order valence-corrected chi connectivity index (χ4v) is 3.10. The molecule has 0 fully saturated rings. The molecule has 4 nitrogen and oxygen atoms in total. The van der Waals surface area contributed by atoms with Crippen LogP contribution in [0.1, 0.15) is 58.9 Å². The van der Waals surface area contributed by atoms with Gasteiger partial charge in [-0.25, -0.2) is 4.79 Å². The number of hydrogen-bond acceptors (Lipinski definition) is 4. The summed E-state index contributed by atoms with van der Waals surface area (Å²) >= 11 is 0. The predicted octanol–water partition coefficient (Wildman–Crippen LogP) is 6.54. The summed E-state index contributed by atoms with van der Waals surface area (Å²) in [5.74, 6) is -0.406. The first-order valence-electron chi connectivity index (χ1n) is 10.2. The molecule has 1 atom stereocenters. The Balaban J connectivity index is 1.70. The number of hydrogen-bond donors (Lipinski definition) is 1. The highest BCUT2D eigenvalue weighted by Crippen LogP contribution is 2.23. The summed E-state index contributed by atoms with van der Waals surface area (Å²) in [6.45, 7) is 7.84. The van der Waals surface area contributed by atoms with Crippen molar-refractivity contribution in [3.8, 4) is 0 Å². The summed E-state index contributed by atoms with van der Waals surface area (Å²) in [4.78, 5) is 11.4. The lowest BCUT2D eigenvalue weighted by Crippen LogP contribution is -2.08. The Labute approximate surface area is 174 Å². The summed E-state index contributed by atoms with van der Waals surface area (Å²) < 4.78 is 10.2. The Morgan fingerprint density at radius 1 is 1.21 bits per heavy atom. The molecule has 0 amide bonds. The average Bonchev–Trinajstić information content (AvgIpc) is 3.27. The number of aliphatic hydroxyl groups excluding tert-OH is 1. The van der Waals surface area contributed by atoms with Gasteiger partial charge >= 0.3 is 5.97 Å². The maximum absolute atomic E-state index is 11.4. The normalized spacial score (nSPS) is 18.8. The number of esters is 1. The lowest BCUT2D eigenvalue weighted by Gasteiger charge is -2.08. The smallest absolute Gasteiger partial charge is 0.338 e. The molecular formula is C25H32O4. The van der Waals surface area contributed by atoms with E-state index in [2.05, 4.69) is 38.2 Å². The number of carbonyl (C=O) groups excluding carboxylic acids is 1. The Hall–Kier alpha value is -2.75. The number of aryl methyl sites for hydroxylation is 1. The van der Waals surface area contributed by atoms with Crippen LogP contribution in [0.25, 0.3) is 0 Å². The zero-order chi connectivity index (χ0) is 21.2. The lowest BCUT2D eigenvalue weighted by molar-refractivity contribution is -0.138. The zero-order valence-electron chi connectivity index (χ0n) is 17.9. The summed E-state index contributed by atoms with van der Waals surface area (Å²) in [6, 6.07) is 2.00. The van der Waals surface area contributed by atoms with Crippen LogP contribution in [-0.2, 0) is 16.0 Å². The predicted molar refractivity (Wildman–Crippen MR) is 116 cm³/mol. The molecule has 2 rings (SSSR count). The first-order chi connectivity index (χ1) is 13.9. The van der Waals surface area contributed by atoms with Gasteiger partial charge in [0, 0.05) is 0 Å². The Morgan fingerprint density at radius 2 is 1.97 bits per heavy atom. The second-order valence-electron chi connectivity index (χ2n) is 7.69. The van der Waals surface area contributed by atoms with Crippen molar-refractivity contribution in [1.82, 2.24) is 0 Å². The van der Waals surface area contributed by atoms with Crippen molar-refractivity contribution in [1.29, 1.82) is 0 Å². The molecular weight excluding hydrogens is 364 g/mol. The molecule has 0 saturated carbocycles. The minimum Gasteiger partial charge on any atom is -0.507 e. The Bertz CT molecular complexity index is 832. The van der Waals surface area contributed by atoms with Crippen molar-refractivity contribution >= 4 is 5.97 Å². The van der Waals surface area contributed by atoms with Crippen molar-refractivity contribution < 1.29 is 19.1 Å². The van der Waals surface area contributed by atoms with Gasteiger partial charge in [0.1, 0.15) is 5.76 Å². The molecule has 1 N–H and O–H groups in total. The Morgan fingerprint density at radius 3 is 2.62 bits per heavy atom. The van der Waals surface area contributed by atoms with Crippen molar-refractivity contribution in [3.63, 3.8) is 0 Å². The summed E-state index contributed by atoms with van der Waals surface area (Å²) in [5, 5.41) is 9.90. The molecule has 1 aliphatic heterocycles. The maximum Gasteiger partial charge on any atom is 0.338 e. The van der Waals surface area contributed by atoms with E-state index in [1.54, 1.807) is 19.5 Å². The molecule has 1 aromatic heterocycles. The zero-order valence-corrected chi connectivity index (χ0v) is 17.9. The van der Waals surface area contributed by atoms with Gasteiger partial charge in [-0.15, -0.1) is 0 Å². The molecule has 1 aromatic rings. The highest BCUT2D eigenvalue weighted by atomic mass is 16.6. The molecule has 0 bridgehead atoms. The highest BCUT2D eigenvalue weighted by Gasteiger charge is 2.29. The summed E-state index contributed by atoms with van der Waals surface area (Å²) in [5.41, 5.74) is 5.22. The number of cyclic esters (lactones) is 1. The van der Waals surface area contributed by atoms with Crippen LogP contribution in [-0.4, -0.2) is 17.2 Å². The molecule has 0 saturated heterocycles. The van der Waals surface area contributed by atoms with Crippen LogP contribution in [0, 0.1) is 0 Å². The second-order valence-corrected chi connectivity index (χ2v) is 7.69. The third-order valence-electron chi connectivity index (χ3n) is 4.99. The Kier molecular flexibility index (Phi) is 8.78. The second kappa shape index (κ2) is 11.3. The van der Waals surface area contributed by atoms with Crippen molar-refractivity contribution in [3.05, 3.63) is 82.6 Å². The van der Waals surface area contributed by atoms with E-state index in [1.165, 1.54) is 16.7 Å². The fourth-order valence-electron chi connectivity index (χ4n) is 3.10. The van der Waals surface area contributed by atoms with Gasteiger partial charge in [0.05, 0.1) is 18.1 Å². The molecule has 156 valence electrons. The van der Waals surface area contributed by atoms with E-state index < -0.39 is 12.1 Å². The van der Waals surface area contributed by atoms with Crippen LogP contribution in [0.5, 0.6) is 0 Å². The van der Waals surface area contributed by atoms with E-state index in [1.807, 2.05) is 19.1 Å². The van der Waals surface area contributed by atoms with Crippen LogP contribution < -0.4 is 0 Å². The highest BCUT2D eigenvalue weighted by molar-refractivity contribution is 5.91. The lowest BCUT2D eigenvalue weighted by atomic mass is 10.0. The molecule has 0 aliphatic carbocycles. The summed E-state index contributed by atoms with van der Waals surface area (Å²) in [7, 11) is 0. The minimum atomic E-state index is -0.620. The number of carbonyl (C=O) groups is 1. The largest absolute Gasteiger partial charge is 0.507 e. The SMILES string of the molecule is CC(C=CC=C(C)CCCC(C)=C[C@@H]1OC(=O)C(C)=C1O)=CCCc1ccoc1. The van der Waals surface area contributed by atoms with Gasteiger partial charge in [-0.05, 0) is 77.5 Å². The van der Waals surface area contributed by atoms with E-state index in [4.69, 9.17) is 9.15 Å². The van der Waals surface area contributed by atoms with Gasteiger partial charge in [0.2, 0.25) is 0 Å². The van der Waals surface area contributed by atoms with Crippen LogP contribution >= 0.6 is 0 Å². The number of rotatable bonds is 10. The third-order valence-corrected chi connectivity index (χ3v) is 4.99. The van der Waals surface area contributed by atoms with Gasteiger partial charge in [-0.1, -0.05) is 41.0 Å². The molecule has 29 heavy (non-hydrogen) atoms. The van der Waals surface area contributed by atoms with Gasteiger partial charge in [-0.3, -0.25) is 0 Å². The van der Waals surface area contributed by atoms with Crippen molar-refractivity contribution in [2.24, 2.45) is 0 Å². The van der Waals surface area contributed by atoms with E-state index in [-0.39, 0.29) is 5.76 Å². The van der Waals surface area contributed by atoms with Crippen LogP contribution in [0.15, 0.2) is 81.4 Å². The summed E-state index contributed by atoms with van der Waals surface area (Å²) in [6.07, 6.45) is 18.3. The van der Waals surface area contributed by atoms with E-state index in [0.717, 1.165) is 37.7 Å². The first-order valence-corrected chi connectivity index (χ1v) is 10.2. The van der Waals surface area contributed by atoms with Crippen LogP contribution in [0.4, 0.5) is 0 Å². The molecule has 4 heteroatoms. The van der Waals surface area contributed by atoms with Crippen molar-refractivity contribution in [2.45, 2.75) is 65.9 Å². The number of aliphatic hydroxyl groups is 1. The van der Waals surface area contributed by atoms with Gasteiger partial charge in [0.15, 0.2) is 6.10 Å². The van der Waals surface area contributed by atoms with Crippen LogP contribution in [0.3, 0.4) is 0 Å². The van der Waals surface area contributed by atoms with Crippen LogP contribution in [0.2, 0.25) is 0 Å². The molecule has 1 aliphatic rings. The quantitative estimate of drug-likeness (QED) is 0.277. The van der Waals surface area contributed by atoms with Gasteiger partial charge in [0.25, 0.3) is 0 Å². The van der Waals surface area contributed by atoms with E-state index in [0.29, 0.717) is 5.57 Å². The monoisotopic (exact) mass is 396 g/mol. The minimum absolute atomic E-state index is 0.0313. The molecule has 2 heterocycles. The fraction of sp³-hybridized carbons (Fsp3) is 0.400. The number of allylic oxidation sites excluding steroid dienone is 7. The maximum atomic E-state index is 11.4. The average molecular weight is 397 g/mol. The van der Waals surface area contributed by atoms with Crippen molar-refractivity contribution in [2.75, 3.05) is 0 Å². The molecule has 0 spiro atoms. The van der Waals surface area contributed by atoms with Gasteiger partial charge in [-0.2, -0.15) is 0 Å². The topological polar surface area (TPSA) is 59.7 Å². The first kappa shape index (κ1) is 22.5. The standard InChI is InChI=1S/C25H32O4/c1-18(8-5-9-19(2)11-7-13-22-14-15-28-17-22)10-6-12-20(3)16-23-24(26)21(4)25(27)29-23/h5,8-9,11,14-17,23,26H,6-7,10,12-13H2,1-4H3/t23-/m0/s1. The third kappa shape index (κ3) is 7.65.